The Morgan fingerprint density at radius 1 is 1.12 bits per heavy atom. The molecule has 0 bridgehead atoms. The average molecular weight is 475 g/mol. The zero-order valence-corrected chi connectivity index (χ0v) is 16.0. The first-order valence-electron chi connectivity index (χ1n) is 21.4. The molecule has 2 aromatic carbocycles. The molecule has 3 amide bonds. The molecule has 3 aliphatic rings. The van der Waals surface area contributed by atoms with Gasteiger partial charge in [-0.05, 0) is 29.6 Å². The Kier molecular flexibility index (Phi) is 2.02. The number of hydrogen-bond donors (Lipinski definition) is 1. The fraction of sp³-hybridized carbons (Fsp3) is 0.400. The van der Waals surface area contributed by atoms with Crippen molar-refractivity contribution in [1.82, 2.24) is 15.1 Å². The molecule has 0 saturated carbocycles. The smallest absolute Gasteiger partial charge is 0.255 e. The fourth-order valence-corrected chi connectivity index (χ4v) is 2.68. The lowest BCUT2D eigenvalue weighted by molar-refractivity contribution is -0.136. The third-order valence-electron chi connectivity index (χ3n) is 4.09. The van der Waals surface area contributed by atoms with Crippen molar-refractivity contribution in [1.29, 1.82) is 0 Å². The lowest BCUT2D eigenvalue weighted by Crippen LogP contribution is -2.52. The molecule has 2 saturated heterocycles. The molecule has 0 spiro atoms. The van der Waals surface area contributed by atoms with Crippen LogP contribution in [0.25, 0.3) is 0 Å². The van der Waals surface area contributed by atoms with Gasteiger partial charge in [0.05, 0.1) is 40.2 Å². The number of rotatable bonds is 6. The van der Waals surface area contributed by atoms with Gasteiger partial charge < -0.3 is 14.4 Å². The molecule has 0 aromatic heterocycles. The number of amides is 3. The van der Waals surface area contributed by atoms with E-state index in [4.69, 9.17) is 39.0 Å². The van der Waals surface area contributed by atoms with Crippen LogP contribution in [0, 0.1) is 0 Å². The van der Waals surface area contributed by atoms with Crippen LogP contribution in [-0.4, -0.2) is 59.7 Å². The molecule has 3 aliphatic heterocycles. The molecule has 33 heavy (non-hydrogen) atoms. The second-order valence-corrected chi connectivity index (χ2v) is 6.16. The number of ether oxygens (including phenoxy) is 2. The van der Waals surface area contributed by atoms with Crippen molar-refractivity contribution >= 4 is 17.7 Å². The van der Waals surface area contributed by atoms with Gasteiger partial charge in [0.25, 0.3) is 5.91 Å². The van der Waals surface area contributed by atoms with Crippen molar-refractivity contribution in [2.45, 2.75) is 38.3 Å². The molecule has 2 aromatic rings. The quantitative estimate of drug-likeness (QED) is 0.643. The number of fused-ring (bicyclic) bond motifs is 1. The summed E-state index contributed by atoms with van der Waals surface area (Å²) in [5, 5.41) is 1.47. The van der Waals surface area contributed by atoms with Crippen LogP contribution in [0.4, 0.5) is 0 Å². The summed E-state index contributed by atoms with van der Waals surface area (Å²) in [5.41, 5.74) is -5.67. The maximum atomic E-state index is 13.8. The van der Waals surface area contributed by atoms with Gasteiger partial charge in [-0.15, -0.1) is 0 Å². The van der Waals surface area contributed by atoms with Gasteiger partial charge in [0, 0.05) is 50.7 Å². The molecule has 0 radical (unpaired) electrons. The van der Waals surface area contributed by atoms with Crippen LogP contribution < -0.4 is 10.1 Å². The van der Waals surface area contributed by atoms with Crippen molar-refractivity contribution in [2.75, 3.05) is 26.1 Å². The number of carbonyl (C=O) groups is 3. The lowest BCUT2D eigenvalue weighted by atomic mass is 10.0. The van der Waals surface area contributed by atoms with Crippen LogP contribution >= 0.6 is 0 Å². The maximum absolute atomic E-state index is 13.8. The van der Waals surface area contributed by atoms with Crippen molar-refractivity contribution < 1.29 is 58.1 Å². The molecule has 3 heterocycles. The highest BCUT2D eigenvalue weighted by atomic mass is 16.5. The number of piperidine rings is 1. The first-order chi connectivity index (χ1) is 25.7. The molecule has 1 N–H and O–H groups in total. The van der Waals surface area contributed by atoms with E-state index in [-0.39, 0.29) is 4.90 Å². The Balaban J connectivity index is 1.71. The Morgan fingerprint density at radius 2 is 1.88 bits per heavy atom. The highest BCUT2D eigenvalue weighted by Gasteiger charge is 2.40. The Morgan fingerprint density at radius 3 is 2.67 bits per heavy atom. The van der Waals surface area contributed by atoms with Crippen molar-refractivity contribution in [2.24, 2.45) is 0 Å². The monoisotopic (exact) mass is 474 g/mol. The first kappa shape index (κ1) is 7.13. The third-order valence-corrected chi connectivity index (χ3v) is 4.09. The molecule has 1 unspecified atom stereocenters. The van der Waals surface area contributed by atoms with Crippen molar-refractivity contribution in [3.8, 4) is 5.75 Å². The standard InChI is InChI=1S/C25H27N3O5/c29-23-9-8-21(24(30)26-23)28-15-20-19(25(28)31)2-1-3-22(20)33-16-18-6-4-17(5-7-18)14-27-10-12-32-13-11-27/h1-7,21H,8-16H2,(H,26,29,30)/i1D,2D,3D,4D,5D,6D,7D,8D2,9D2,10D2,11D2,12D2,13D2,14D2,15D2,16D2. The lowest BCUT2D eigenvalue weighted by Gasteiger charge is -2.29. The number of carbonyl (C=O) groups excluding carboxylic acids is 3. The van der Waals surface area contributed by atoms with Crippen LogP contribution in [0.3, 0.4) is 0 Å². The number of nitrogens with one attached hydrogen (secondary N) is 1. The summed E-state index contributed by atoms with van der Waals surface area (Å²) in [7, 11) is 0. The Labute approximate surface area is 227 Å². The molecule has 172 valence electrons. The highest BCUT2D eigenvalue weighted by molar-refractivity contribution is 6.05. The number of benzene rings is 2. The first-order valence-corrected chi connectivity index (χ1v) is 8.88. The normalized spacial score (nSPS) is 43.8. The number of morpholine rings is 1. The summed E-state index contributed by atoms with van der Waals surface area (Å²) in [6.07, 6.45) is -7.32. The van der Waals surface area contributed by atoms with E-state index in [2.05, 4.69) is 4.74 Å². The third kappa shape index (κ3) is 4.62. The van der Waals surface area contributed by atoms with Gasteiger partial charge in [-0.2, -0.15) is 0 Å². The van der Waals surface area contributed by atoms with Crippen LogP contribution in [0.2, 0.25) is 0 Å². The van der Waals surface area contributed by atoms with Gasteiger partial charge >= 0.3 is 0 Å². The van der Waals surface area contributed by atoms with E-state index in [1.807, 2.05) is 0 Å². The predicted octanol–water partition coefficient (Wildman–Crippen LogP) is 1.86. The largest absolute Gasteiger partial charge is 0.489 e. The zero-order chi connectivity index (χ0) is 45.0. The molecule has 8 nitrogen and oxygen atoms in total. The van der Waals surface area contributed by atoms with Gasteiger partial charge in [-0.1, -0.05) is 30.2 Å². The second-order valence-electron chi connectivity index (χ2n) is 6.16. The summed E-state index contributed by atoms with van der Waals surface area (Å²) in [6.45, 7) is -27.3. The van der Waals surface area contributed by atoms with E-state index in [1.165, 1.54) is 5.32 Å². The minimum absolute atomic E-state index is 0.253. The van der Waals surface area contributed by atoms with E-state index in [9.17, 15) is 14.4 Å². The van der Waals surface area contributed by atoms with Crippen LogP contribution in [0.5, 0.6) is 5.75 Å². The maximum Gasteiger partial charge on any atom is 0.255 e. The summed E-state index contributed by atoms with van der Waals surface area (Å²) in [4.78, 5) is 38.0. The molecule has 5 rings (SSSR count). The van der Waals surface area contributed by atoms with Crippen molar-refractivity contribution in [3.63, 3.8) is 0 Å². The Bertz CT molecular complexity index is 2140. The molecule has 8 heteroatoms. The minimum atomic E-state index is -4.04. The van der Waals surface area contributed by atoms with Gasteiger partial charge in [0.1, 0.15) is 18.4 Å². The fourth-order valence-electron chi connectivity index (χ4n) is 2.68. The summed E-state index contributed by atoms with van der Waals surface area (Å²) >= 11 is 0. The van der Waals surface area contributed by atoms with Crippen LogP contribution in [0.15, 0.2) is 42.3 Å². The van der Waals surface area contributed by atoms with E-state index < -0.39 is 157 Å². The van der Waals surface area contributed by atoms with Gasteiger partial charge in [-0.25, -0.2) is 0 Å². The molecule has 1 atom stereocenters. The average Bonchev–Trinajstić information content (AvgIpc) is 3.23. The van der Waals surface area contributed by atoms with Crippen LogP contribution in [0.1, 0.15) is 74.1 Å². The van der Waals surface area contributed by atoms with E-state index >= 15 is 0 Å². The van der Waals surface area contributed by atoms with Gasteiger partial charge in [0.15, 0.2) is 0 Å². The van der Waals surface area contributed by atoms with E-state index in [1.54, 1.807) is 0 Å². The predicted molar refractivity (Wildman–Crippen MR) is 119 cm³/mol. The molecule has 0 aliphatic carbocycles. The number of nitrogens with zero attached hydrogens (tertiary/aromatic N) is 2. The van der Waals surface area contributed by atoms with E-state index in [0.717, 1.165) is 0 Å². The number of imide groups is 1. The van der Waals surface area contributed by atoms with Crippen molar-refractivity contribution in [3.05, 3.63) is 64.6 Å². The second kappa shape index (κ2) is 9.33. The Hall–Kier alpha value is -3.23. The zero-order valence-electron chi connectivity index (χ0n) is 41.0. The molecular formula is C25H27N3O5. The molecule has 2 fully saturated rings. The minimum Gasteiger partial charge on any atom is -0.489 e. The highest BCUT2D eigenvalue weighted by Crippen LogP contribution is 2.34. The van der Waals surface area contributed by atoms with E-state index in [0.29, 0.717) is 0 Å². The SMILES string of the molecule is [2H]c1c([2H])c(OC([2H])([2H])c2c([2H])c([2H])c(C([2H])([2H])N3C([2H])([2H])C([2H])([2H])OC([2H])([2H])C3([2H])[2H])c([2H])c2[2H])c2c(c1[2H])C(=O)N(C1C(=O)NC(=O)C([2H])([2H])C1([2H])[2H])C2([2H])[2H]. The molecular weight excluding hydrogens is 422 g/mol. The number of hydrogen-bond acceptors (Lipinski definition) is 6. The summed E-state index contributed by atoms with van der Waals surface area (Å²) < 4.78 is 218. The van der Waals surface area contributed by atoms with Gasteiger partial charge in [0.2, 0.25) is 11.8 Å². The van der Waals surface area contributed by atoms with Crippen LogP contribution in [-0.2, 0) is 33.9 Å². The van der Waals surface area contributed by atoms with Gasteiger partial charge in [-0.3, -0.25) is 24.6 Å². The topological polar surface area (TPSA) is 88.2 Å². The summed E-state index contributed by atoms with van der Waals surface area (Å²) in [5.74, 6) is -6.82. The summed E-state index contributed by atoms with van der Waals surface area (Å²) in [6, 6.07) is -13.2.